The number of nitrogens with zero attached hydrogens (tertiary/aromatic N) is 2. The fraction of sp³-hybridized carbons (Fsp3) is 0.500. The summed E-state index contributed by atoms with van der Waals surface area (Å²) in [7, 11) is -4.31. The van der Waals surface area contributed by atoms with E-state index in [9.17, 15) is 9.36 Å². The third kappa shape index (κ3) is 4.94. The van der Waals surface area contributed by atoms with Crippen LogP contribution in [-0.2, 0) is 15.8 Å². The number of ether oxygens (including phenoxy) is 1. The number of rotatable bonds is 6. The molecule has 1 atom stereocenters. The Morgan fingerprint density at radius 2 is 2.22 bits per heavy atom. The molecule has 0 bridgehead atoms. The second-order valence-corrected chi connectivity index (χ2v) is 5.14. The van der Waals surface area contributed by atoms with Gasteiger partial charge in [-0.25, -0.2) is 4.79 Å². The largest absolute Gasteiger partial charge is 0.394 e. The Hall–Kier alpha value is -1.25. The van der Waals surface area contributed by atoms with Crippen LogP contribution < -0.4 is 11.4 Å². The lowest BCUT2D eigenvalue weighted by Crippen LogP contribution is -2.32. The van der Waals surface area contributed by atoms with Gasteiger partial charge in [-0.1, -0.05) is 0 Å². The van der Waals surface area contributed by atoms with Gasteiger partial charge in [0.1, 0.15) is 12.2 Å². The maximum absolute atomic E-state index is 11.4. The first-order valence-electron chi connectivity index (χ1n) is 4.92. The third-order valence-corrected chi connectivity index (χ3v) is 2.46. The molecule has 1 aromatic rings. The number of aromatic nitrogens is 2. The molecule has 0 spiro atoms. The number of aliphatic hydroxyl groups is 1. The molecule has 0 saturated carbocycles. The van der Waals surface area contributed by atoms with Crippen LogP contribution in [-0.4, -0.2) is 43.5 Å². The van der Waals surface area contributed by atoms with Gasteiger partial charge >= 0.3 is 13.3 Å². The van der Waals surface area contributed by atoms with Crippen molar-refractivity contribution in [1.29, 1.82) is 0 Å². The van der Waals surface area contributed by atoms with E-state index >= 15 is 0 Å². The van der Waals surface area contributed by atoms with E-state index in [0.717, 1.165) is 4.57 Å². The normalized spacial score (nSPS) is 13.5. The molecule has 9 nitrogen and oxygen atoms in total. The number of hydrogen-bond donors (Lipinski definition) is 4. The van der Waals surface area contributed by atoms with Crippen LogP contribution in [0.15, 0.2) is 17.1 Å². The summed E-state index contributed by atoms with van der Waals surface area (Å²) in [5.41, 5.74) is 4.67. The van der Waals surface area contributed by atoms with E-state index in [-0.39, 0.29) is 12.4 Å². The lowest BCUT2D eigenvalue weighted by Gasteiger charge is -2.16. The first kappa shape index (κ1) is 14.8. The molecule has 1 rings (SSSR count). The third-order valence-electron chi connectivity index (χ3n) is 1.98. The van der Waals surface area contributed by atoms with Gasteiger partial charge in [0.15, 0.2) is 0 Å². The van der Waals surface area contributed by atoms with E-state index in [2.05, 4.69) is 4.98 Å². The summed E-state index contributed by atoms with van der Waals surface area (Å²) < 4.78 is 16.5. The van der Waals surface area contributed by atoms with Gasteiger partial charge in [0.2, 0.25) is 0 Å². The van der Waals surface area contributed by atoms with Gasteiger partial charge in [-0.05, 0) is 6.07 Å². The zero-order valence-corrected chi connectivity index (χ0v) is 10.2. The van der Waals surface area contributed by atoms with Gasteiger partial charge in [0.25, 0.3) is 0 Å². The Labute approximate surface area is 102 Å². The van der Waals surface area contributed by atoms with Crippen molar-refractivity contribution in [2.24, 2.45) is 0 Å². The molecule has 0 saturated heterocycles. The topological polar surface area (TPSA) is 148 Å². The molecule has 0 radical (unpaired) electrons. The molecule has 0 aliphatic heterocycles. The molecular weight excluding hydrogens is 265 g/mol. The van der Waals surface area contributed by atoms with Crippen LogP contribution in [0.4, 0.5) is 5.82 Å². The predicted molar refractivity (Wildman–Crippen MR) is 61.8 cm³/mol. The summed E-state index contributed by atoms with van der Waals surface area (Å²) in [6, 6.07) is 1.39. The summed E-state index contributed by atoms with van der Waals surface area (Å²) >= 11 is 0. The number of anilines is 1. The van der Waals surface area contributed by atoms with Gasteiger partial charge in [-0.15, -0.1) is 0 Å². The minimum Gasteiger partial charge on any atom is -0.394 e. The lowest BCUT2D eigenvalue weighted by atomic mass is 10.3. The highest BCUT2D eigenvalue weighted by Gasteiger charge is 2.18. The Morgan fingerprint density at radius 3 is 2.72 bits per heavy atom. The summed E-state index contributed by atoms with van der Waals surface area (Å²) in [6.45, 7) is -0.570. The molecule has 102 valence electrons. The van der Waals surface area contributed by atoms with E-state index in [4.69, 9.17) is 25.4 Å². The fourth-order valence-electron chi connectivity index (χ4n) is 1.17. The molecule has 0 amide bonds. The standard InChI is InChI=1S/C8H14N3O6P/c9-7-1-2-11(8(13)10-7)3-6(4-12)17-5-18(14,15)16/h1-2,6,12H,3-5H2,(H2,9,10,13)(H2,14,15,16). The van der Waals surface area contributed by atoms with E-state index in [1.54, 1.807) is 0 Å². The minimum absolute atomic E-state index is 0.0629. The average molecular weight is 279 g/mol. The molecule has 0 fully saturated rings. The summed E-state index contributed by atoms with van der Waals surface area (Å²) in [4.78, 5) is 32.1. The second kappa shape index (κ2) is 6.07. The van der Waals surface area contributed by atoms with Crippen LogP contribution in [0, 0.1) is 0 Å². The highest BCUT2D eigenvalue weighted by atomic mass is 31.2. The molecule has 10 heteroatoms. The Balaban J connectivity index is 2.68. The number of hydrogen-bond acceptors (Lipinski definition) is 6. The van der Waals surface area contributed by atoms with Crippen molar-refractivity contribution >= 4 is 13.4 Å². The van der Waals surface area contributed by atoms with Gasteiger partial charge in [0.05, 0.1) is 19.3 Å². The van der Waals surface area contributed by atoms with Crippen molar-refractivity contribution in [1.82, 2.24) is 9.55 Å². The van der Waals surface area contributed by atoms with E-state index in [1.807, 2.05) is 0 Å². The number of aliphatic hydroxyl groups excluding tert-OH is 1. The van der Waals surface area contributed by atoms with Gasteiger partial charge in [0, 0.05) is 6.20 Å². The zero-order valence-electron chi connectivity index (χ0n) is 9.34. The predicted octanol–water partition coefficient (Wildman–Crippen LogP) is -1.66. The molecule has 1 heterocycles. The van der Waals surface area contributed by atoms with Crippen molar-refractivity contribution < 1.29 is 24.2 Å². The molecule has 5 N–H and O–H groups in total. The second-order valence-electron chi connectivity index (χ2n) is 3.55. The molecule has 1 unspecified atom stereocenters. The summed E-state index contributed by atoms with van der Waals surface area (Å²) in [5.74, 6) is 0.0629. The van der Waals surface area contributed by atoms with Crippen LogP contribution in [0.1, 0.15) is 0 Å². The van der Waals surface area contributed by atoms with Crippen LogP contribution in [0.2, 0.25) is 0 Å². The molecular formula is C8H14N3O6P. The highest BCUT2D eigenvalue weighted by Crippen LogP contribution is 2.34. The Kier molecular flexibility index (Phi) is 5.00. The maximum atomic E-state index is 11.4. The average Bonchev–Trinajstić information content (AvgIpc) is 2.25. The van der Waals surface area contributed by atoms with Crippen LogP contribution in [0.3, 0.4) is 0 Å². The van der Waals surface area contributed by atoms with Gasteiger partial charge in [-0.3, -0.25) is 9.13 Å². The number of nitrogens with two attached hydrogens (primary N) is 1. The van der Waals surface area contributed by atoms with Crippen molar-refractivity contribution in [2.45, 2.75) is 12.6 Å². The summed E-state index contributed by atoms with van der Waals surface area (Å²) in [6.07, 6.45) is -0.385. The maximum Gasteiger partial charge on any atom is 0.350 e. The first-order valence-corrected chi connectivity index (χ1v) is 6.71. The minimum atomic E-state index is -4.31. The summed E-state index contributed by atoms with van der Waals surface area (Å²) in [5, 5.41) is 8.99. The molecule has 0 aliphatic rings. The van der Waals surface area contributed by atoms with Crippen molar-refractivity contribution in [3.63, 3.8) is 0 Å². The molecule has 1 aromatic heterocycles. The zero-order chi connectivity index (χ0) is 13.8. The van der Waals surface area contributed by atoms with Crippen molar-refractivity contribution in [2.75, 3.05) is 18.7 Å². The van der Waals surface area contributed by atoms with Gasteiger partial charge in [-0.2, -0.15) is 4.98 Å². The van der Waals surface area contributed by atoms with Crippen LogP contribution in [0.5, 0.6) is 0 Å². The van der Waals surface area contributed by atoms with Crippen LogP contribution >= 0.6 is 7.60 Å². The number of nitrogen functional groups attached to an aromatic ring is 1. The highest BCUT2D eigenvalue weighted by molar-refractivity contribution is 7.51. The van der Waals surface area contributed by atoms with Crippen molar-refractivity contribution in [3.8, 4) is 0 Å². The SMILES string of the molecule is Nc1ccn(CC(CO)OCP(=O)(O)O)c(=O)n1. The Morgan fingerprint density at radius 1 is 1.56 bits per heavy atom. The van der Waals surface area contributed by atoms with E-state index in [1.165, 1.54) is 12.3 Å². The van der Waals surface area contributed by atoms with Crippen LogP contribution in [0.25, 0.3) is 0 Å². The quantitative estimate of drug-likeness (QED) is 0.452. The molecule has 0 aromatic carbocycles. The van der Waals surface area contributed by atoms with Crippen molar-refractivity contribution in [3.05, 3.63) is 22.7 Å². The lowest BCUT2D eigenvalue weighted by molar-refractivity contribution is 0.0188. The van der Waals surface area contributed by atoms with E-state index < -0.39 is 32.3 Å². The molecule has 0 aliphatic carbocycles. The fourth-order valence-corrected chi connectivity index (χ4v) is 1.57. The smallest absolute Gasteiger partial charge is 0.350 e. The molecule has 18 heavy (non-hydrogen) atoms. The van der Waals surface area contributed by atoms with Gasteiger partial charge < -0.3 is 25.4 Å². The monoisotopic (exact) mass is 279 g/mol. The first-order chi connectivity index (χ1) is 8.31. The Bertz CT molecular complexity index is 498. The van der Waals surface area contributed by atoms with E-state index in [0.29, 0.717) is 0 Å².